The van der Waals surface area contributed by atoms with Crippen molar-refractivity contribution in [3.63, 3.8) is 0 Å². The zero-order valence-corrected chi connectivity index (χ0v) is 20.0. The molecule has 1 amide bonds. The molecule has 6 nitrogen and oxygen atoms in total. The van der Waals surface area contributed by atoms with Gasteiger partial charge in [0.1, 0.15) is 6.17 Å². The van der Waals surface area contributed by atoms with Crippen LogP contribution in [-0.2, 0) is 4.79 Å². The van der Waals surface area contributed by atoms with Crippen molar-refractivity contribution in [3.8, 4) is 0 Å². The number of piperidine rings is 1. The first-order chi connectivity index (χ1) is 15.5. The minimum Gasteiger partial charge on any atom is -0.350 e. The van der Waals surface area contributed by atoms with Gasteiger partial charge >= 0.3 is 0 Å². The number of hydrogen-bond donors (Lipinski definition) is 4. The maximum Gasteiger partial charge on any atom is 0.237 e. The number of hydrogen-bond acceptors (Lipinski definition) is 5. The van der Waals surface area contributed by atoms with E-state index >= 15 is 0 Å². The summed E-state index contributed by atoms with van der Waals surface area (Å²) in [6.07, 6.45) is 7.58. The van der Waals surface area contributed by atoms with Crippen molar-refractivity contribution in [2.45, 2.75) is 102 Å². The lowest BCUT2D eigenvalue weighted by Gasteiger charge is -2.38. The number of amides is 1. The van der Waals surface area contributed by atoms with Crippen LogP contribution in [0.15, 0.2) is 0 Å². The topological polar surface area (TPSA) is 68.4 Å². The van der Waals surface area contributed by atoms with Gasteiger partial charge in [-0.2, -0.15) is 0 Å². The Hall–Kier alpha value is -0.760. The van der Waals surface area contributed by atoms with Gasteiger partial charge in [0.15, 0.2) is 0 Å². The molecule has 7 heteroatoms. The van der Waals surface area contributed by atoms with Crippen molar-refractivity contribution in [1.29, 1.82) is 0 Å². The molecule has 9 atom stereocenters. The van der Waals surface area contributed by atoms with Crippen molar-refractivity contribution in [2.24, 2.45) is 23.7 Å². The molecule has 0 aromatic carbocycles. The van der Waals surface area contributed by atoms with Crippen LogP contribution in [0.1, 0.15) is 65.2 Å². The van der Waals surface area contributed by atoms with E-state index in [1.54, 1.807) is 0 Å². The Morgan fingerprint density at radius 1 is 1.12 bits per heavy atom. The Labute approximate surface area is 193 Å². The van der Waals surface area contributed by atoms with Gasteiger partial charge in [0.25, 0.3) is 0 Å². The van der Waals surface area contributed by atoms with E-state index in [1.165, 1.54) is 32.2 Å². The zero-order valence-electron chi connectivity index (χ0n) is 20.0. The summed E-state index contributed by atoms with van der Waals surface area (Å²) < 4.78 is 14.6. The molecule has 32 heavy (non-hydrogen) atoms. The highest BCUT2D eigenvalue weighted by atomic mass is 19.1. The molecule has 0 bridgehead atoms. The third-order valence-electron chi connectivity index (χ3n) is 9.08. The molecule has 182 valence electrons. The van der Waals surface area contributed by atoms with E-state index in [2.05, 4.69) is 40.0 Å². The molecule has 0 spiro atoms. The van der Waals surface area contributed by atoms with Gasteiger partial charge < -0.3 is 21.3 Å². The van der Waals surface area contributed by atoms with Crippen LogP contribution in [0.5, 0.6) is 0 Å². The maximum absolute atomic E-state index is 14.6. The maximum atomic E-state index is 14.6. The van der Waals surface area contributed by atoms with E-state index in [4.69, 9.17) is 0 Å². The molecule has 2 saturated carbocycles. The van der Waals surface area contributed by atoms with E-state index < -0.39 is 6.17 Å². The lowest BCUT2D eigenvalue weighted by molar-refractivity contribution is -0.124. The van der Waals surface area contributed by atoms with Crippen LogP contribution >= 0.6 is 0 Å². The van der Waals surface area contributed by atoms with Crippen molar-refractivity contribution < 1.29 is 9.18 Å². The molecule has 3 heterocycles. The Bertz CT molecular complexity index is 642. The number of carbonyl (C=O) groups excluding carboxylic acids is 1. The van der Waals surface area contributed by atoms with E-state index in [9.17, 15) is 9.18 Å². The average Bonchev–Trinajstić information content (AvgIpc) is 3.28. The summed E-state index contributed by atoms with van der Waals surface area (Å²) in [4.78, 5) is 15.9. The van der Waals surface area contributed by atoms with Crippen LogP contribution in [-0.4, -0.2) is 73.5 Å². The van der Waals surface area contributed by atoms with Crippen molar-refractivity contribution in [2.75, 3.05) is 26.3 Å². The molecule has 5 aliphatic rings. The second-order valence-corrected chi connectivity index (χ2v) is 11.7. The lowest BCUT2D eigenvalue weighted by atomic mass is 9.77. The summed E-state index contributed by atoms with van der Waals surface area (Å²) in [5, 5.41) is 14.4. The predicted molar refractivity (Wildman–Crippen MR) is 125 cm³/mol. The summed E-state index contributed by atoms with van der Waals surface area (Å²) in [5.41, 5.74) is 0. The fraction of sp³-hybridized carbons (Fsp3) is 0.960. The summed E-state index contributed by atoms with van der Waals surface area (Å²) in [6.45, 7) is 8.81. The first kappa shape index (κ1) is 23.0. The Balaban J connectivity index is 1.22. The second kappa shape index (κ2) is 9.85. The number of nitrogens with one attached hydrogen (secondary N) is 4. The Morgan fingerprint density at radius 3 is 2.72 bits per heavy atom. The Morgan fingerprint density at radius 2 is 1.97 bits per heavy atom. The third-order valence-corrected chi connectivity index (χ3v) is 9.08. The molecule has 0 aromatic rings. The highest BCUT2D eigenvalue weighted by molar-refractivity contribution is 5.82. The average molecular weight is 450 g/mol. The van der Waals surface area contributed by atoms with Crippen LogP contribution in [0, 0.1) is 23.7 Å². The van der Waals surface area contributed by atoms with E-state index in [-0.39, 0.29) is 30.0 Å². The number of rotatable bonds is 7. The molecule has 3 saturated heterocycles. The van der Waals surface area contributed by atoms with Gasteiger partial charge in [-0.3, -0.25) is 9.69 Å². The van der Waals surface area contributed by atoms with Crippen molar-refractivity contribution in [3.05, 3.63) is 0 Å². The van der Waals surface area contributed by atoms with Crippen LogP contribution in [0.2, 0.25) is 0 Å². The number of fused-ring (bicyclic) bond motifs is 1. The normalized spacial score (nSPS) is 43.7. The number of halogens is 1. The van der Waals surface area contributed by atoms with Crippen LogP contribution in [0.4, 0.5) is 4.39 Å². The zero-order chi connectivity index (χ0) is 22.2. The standard InChI is InChI=1S/C25H44FN5O/c1-15-4-3-9-27-24(15)21(10-18-13-31(14-28-18)12-17-6-7-17)30-25(32)22-11-19-20(26)8-5-16(2)23(19)29-22/h15-24,27-29H,3-14H2,1-2H3,(H,30,32). The minimum atomic E-state index is -0.766. The molecular weight excluding hydrogens is 405 g/mol. The number of carbonyl (C=O) groups is 1. The van der Waals surface area contributed by atoms with Crippen molar-refractivity contribution in [1.82, 2.24) is 26.2 Å². The van der Waals surface area contributed by atoms with Crippen LogP contribution < -0.4 is 21.3 Å². The summed E-state index contributed by atoms with van der Waals surface area (Å²) in [7, 11) is 0. The molecule has 9 unspecified atom stereocenters. The first-order valence-corrected chi connectivity index (χ1v) is 13.4. The summed E-state index contributed by atoms with van der Waals surface area (Å²) in [6, 6.07) is 0.729. The molecule has 5 fully saturated rings. The lowest BCUT2D eigenvalue weighted by Crippen LogP contribution is -2.59. The first-order valence-electron chi connectivity index (χ1n) is 13.4. The predicted octanol–water partition coefficient (Wildman–Crippen LogP) is 2.01. The van der Waals surface area contributed by atoms with Gasteiger partial charge in [-0.25, -0.2) is 4.39 Å². The van der Waals surface area contributed by atoms with E-state index in [0.29, 0.717) is 36.8 Å². The third kappa shape index (κ3) is 5.16. The van der Waals surface area contributed by atoms with Gasteiger partial charge in [-0.05, 0) is 75.7 Å². The van der Waals surface area contributed by atoms with Crippen molar-refractivity contribution >= 4 is 5.91 Å². The number of alkyl halides is 1. The Kier molecular flexibility index (Phi) is 7.08. The van der Waals surface area contributed by atoms with Gasteiger partial charge in [0.2, 0.25) is 5.91 Å². The summed E-state index contributed by atoms with van der Waals surface area (Å²) in [5.74, 6) is 1.97. The minimum absolute atomic E-state index is 0.00726. The SMILES string of the molecule is CC1CCCNC1C(CC1CN(CC2CC2)CN1)NC(=O)C1CC2C(F)CCC(C)C2N1. The molecule has 4 N–H and O–H groups in total. The second-order valence-electron chi connectivity index (χ2n) is 11.7. The molecule has 2 aliphatic carbocycles. The van der Waals surface area contributed by atoms with E-state index in [1.807, 2.05) is 0 Å². The highest BCUT2D eigenvalue weighted by Gasteiger charge is 2.47. The molecule has 5 rings (SSSR count). The smallest absolute Gasteiger partial charge is 0.237 e. The van der Waals surface area contributed by atoms with Crippen LogP contribution in [0.25, 0.3) is 0 Å². The quantitative estimate of drug-likeness (QED) is 0.479. The van der Waals surface area contributed by atoms with Gasteiger partial charge in [0.05, 0.1) is 6.04 Å². The molecule has 3 aliphatic heterocycles. The van der Waals surface area contributed by atoms with Crippen LogP contribution in [0.3, 0.4) is 0 Å². The monoisotopic (exact) mass is 449 g/mol. The molecule has 0 aromatic heterocycles. The largest absolute Gasteiger partial charge is 0.350 e. The fourth-order valence-corrected chi connectivity index (χ4v) is 6.96. The van der Waals surface area contributed by atoms with E-state index in [0.717, 1.165) is 38.5 Å². The summed E-state index contributed by atoms with van der Waals surface area (Å²) >= 11 is 0. The molecular formula is C25H44FN5O. The fourth-order valence-electron chi connectivity index (χ4n) is 6.96. The number of nitrogens with zero attached hydrogens (tertiary/aromatic N) is 1. The van der Waals surface area contributed by atoms with Gasteiger partial charge in [-0.1, -0.05) is 13.8 Å². The van der Waals surface area contributed by atoms with Gasteiger partial charge in [0, 0.05) is 49.8 Å². The highest BCUT2D eigenvalue weighted by Crippen LogP contribution is 2.38. The molecule has 0 radical (unpaired) electrons. The van der Waals surface area contributed by atoms with Gasteiger partial charge in [-0.15, -0.1) is 0 Å².